The number of hydrogen-bond acceptors (Lipinski definition) is 2. The minimum atomic E-state index is 0.443. The van der Waals surface area contributed by atoms with Crippen LogP contribution >= 0.6 is 15.9 Å². The third-order valence-corrected chi connectivity index (χ3v) is 5.09. The molecule has 2 aliphatic rings. The Hall–Kier alpha value is -0.540. The highest BCUT2D eigenvalue weighted by atomic mass is 79.9. The van der Waals surface area contributed by atoms with E-state index >= 15 is 0 Å². The Bertz CT molecular complexity index is 454. The average Bonchev–Trinajstić information content (AvgIpc) is 2.84. The second kappa shape index (κ2) is 5.45. The van der Waals surface area contributed by atoms with Crippen molar-refractivity contribution in [1.29, 1.82) is 0 Å². The molecule has 0 bridgehead atoms. The zero-order valence-corrected chi connectivity index (χ0v) is 13.1. The summed E-state index contributed by atoms with van der Waals surface area (Å²) in [5.41, 5.74) is 1.81. The molecule has 1 unspecified atom stereocenters. The van der Waals surface area contributed by atoms with Crippen LogP contribution in [0.5, 0.6) is 5.75 Å². The number of halogens is 1. The van der Waals surface area contributed by atoms with Crippen LogP contribution in [0, 0.1) is 5.41 Å². The minimum Gasteiger partial charge on any atom is -0.493 e. The van der Waals surface area contributed by atoms with Crippen LogP contribution in [0.25, 0.3) is 0 Å². The van der Waals surface area contributed by atoms with E-state index in [0.29, 0.717) is 11.5 Å². The number of fused-ring (bicyclic) bond motifs is 1. The lowest BCUT2D eigenvalue weighted by Gasteiger charge is -2.31. The summed E-state index contributed by atoms with van der Waals surface area (Å²) in [7, 11) is 0. The first-order chi connectivity index (χ1) is 9.16. The van der Waals surface area contributed by atoms with Crippen molar-refractivity contribution in [1.82, 2.24) is 5.32 Å². The summed E-state index contributed by atoms with van der Waals surface area (Å²) >= 11 is 3.56. The maximum absolute atomic E-state index is 5.74. The van der Waals surface area contributed by atoms with Gasteiger partial charge in [-0.3, -0.25) is 0 Å². The summed E-state index contributed by atoms with van der Waals surface area (Å²) in [5.74, 6) is 1.04. The molecule has 1 N–H and O–H groups in total. The third-order valence-electron chi connectivity index (χ3n) is 4.60. The van der Waals surface area contributed by atoms with Crippen LogP contribution in [0.4, 0.5) is 0 Å². The molecule has 3 rings (SSSR count). The van der Waals surface area contributed by atoms with Crippen molar-refractivity contribution in [3.63, 3.8) is 0 Å². The Kier molecular flexibility index (Phi) is 3.86. The summed E-state index contributed by atoms with van der Waals surface area (Å²) in [4.78, 5) is 0. The van der Waals surface area contributed by atoms with Crippen molar-refractivity contribution in [3.05, 3.63) is 28.2 Å². The average molecular weight is 324 g/mol. The quantitative estimate of drug-likeness (QED) is 0.887. The molecule has 0 radical (unpaired) electrons. The normalized spacial score (nSPS) is 24.8. The molecule has 1 aliphatic carbocycles. The molecular weight excluding hydrogens is 302 g/mol. The monoisotopic (exact) mass is 323 g/mol. The van der Waals surface area contributed by atoms with Crippen molar-refractivity contribution in [3.8, 4) is 5.75 Å². The Morgan fingerprint density at radius 1 is 1.37 bits per heavy atom. The molecule has 104 valence electrons. The maximum atomic E-state index is 5.74. The highest BCUT2D eigenvalue weighted by molar-refractivity contribution is 9.10. The first kappa shape index (κ1) is 13.4. The number of benzene rings is 1. The van der Waals surface area contributed by atoms with Gasteiger partial charge in [0, 0.05) is 29.0 Å². The highest BCUT2D eigenvalue weighted by Gasteiger charge is 2.30. The Morgan fingerprint density at radius 3 is 2.95 bits per heavy atom. The highest BCUT2D eigenvalue weighted by Crippen LogP contribution is 2.39. The summed E-state index contributed by atoms with van der Waals surface area (Å²) in [5, 5.41) is 3.79. The molecule has 0 saturated heterocycles. The topological polar surface area (TPSA) is 21.3 Å². The van der Waals surface area contributed by atoms with E-state index in [1.165, 1.54) is 31.2 Å². The first-order valence-electron chi connectivity index (χ1n) is 7.32. The molecule has 1 fully saturated rings. The molecule has 1 aromatic rings. The van der Waals surface area contributed by atoms with Gasteiger partial charge in [-0.2, -0.15) is 0 Å². The predicted octanol–water partition coefficient (Wildman–Crippen LogP) is 4.44. The lowest BCUT2D eigenvalue weighted by atomic mass is 9.88. The van der Waals surface area contributed by atoms with Crippen LogP contribution < -0.4 is 10.1 Å². The zero-order chi connectivity index (χ0) is 13.3. The van der Waals surface area contributed by atoms with E-state index in [4.69, 9.17) is 4.74 Å². The van der Waals surface area contributed by atoms with Crippen LogP contribution in [0.2, 0.25) is 0 Å². The summed E-state index contributed by atoms with van der Waals surface area (Å²) in [6.45, 7) is 4.38. The molecule has 0 amide bonds. The van der Waals surface area contributed by atoms with Gasteiger partial charge in [0.1, 0.15) is 5.75 Å². The van der Waals surface area contributed by atoms with Gasteiger partial charge >= 0.3 is 0 Å². The van der Waals surface area contributed by atoms with Crippen LogP contribution in [-0.2, 0) is 0 Å². The van der Waals surface area contributed by atoms with Gasteiger partial charge < -0.3 is 10.1 Å². The zero-order valence-electron chi connectivity index (χ0n) is 11.5. The summed E-state index contributed by atoms with van der Waals surface area (Å²) < 4.78 is 6.88. The van der Waals surface area contributed by atoms with E-state index in [9.17, 15) is 0 Å². The van der Waals surface area contributed by atoms with E-state index in [1.54, 1.807) is 0 Å². The summed E-state index contributed by atoms with van der Waals surface area (Å²) in [6.07, 6.45) is 6.60. The largest absolute Gasteiger partial charge is 0.493 e. The molecule has 1 aromatic carbocycles. The van der Waals surface area contributed by atoms with Crippen molar-refractivity contribution in [2.24, 2.45) is 5.41 Å². The Labute approximate surface area is 124 Å². The third kappa shape index (κ3) is 2.97. The number of rotatable bonds is 3. The van der Waals surface area contributed by atoms with E-state index in [-0.39, 0.29) is 0 Å². The predicted molar refractivity (Wildman–Crippen MR) is 81.6 cm³/mol. The fourth-order valence-electron chi connectivity index (χ4n) is 3.35. The molecule has 1 aliphatic heterocycles. The first-order valence-corrected chi connectivity index (χ1v) is 8.11. The molecular formula is C16H22BrNO. The van der Waals surface area contributed by atoms with Gasteiger partial charge in [0.15, 0.2) is 0 Å². The van der Waals surface area contributed by atoms with Gasteiger partial charge in [-0.25, -0.2) is 0 Å². The van der Waals surface area contributed by atoms with Gasteiger partial charge in [0.25, 0.3) is 0 Å². The Morgan fingerprint density at radius 2 is 2.16 bits per heavy atom. The molecule has 2 nitrogen and oxygen atoms in total. The fourth-order valence-corrected chi connectivity index (χ4v) is 3.73. The minimum absolute atomic E-state index is 0.443. The lowest BCUT2D eigenvalue weighted by molar-refractivity contribution is 0.231. The van der Waals surface area contributed by atoms with Crippen molar-refractivity contribution >= 4 is 15.9 Å². The van der Waals surface area contributed by atoms with Gasteiger partial charge in [-0.15, -0.1) is 0 Å². The SMILES string of the molecule is CC1(CNC2CCOc3ccc(Br)cc32)CCCC1. The number of hydrogen-bond donors (Lipinski definition) is 1. The fraction of sp³-hybridized carbons (Fsp3) is 0.625. The summed E-state index contributed by atoms with van der Waals surface area (Å²) in [6, 6.07) is 6.77. The molecule has 0 spiro atoms. The van der Waals surface area contributed by atoms with E-state index in [2.05, 4.69) is 46.4 Å². The van der Waals surface area contributed by atoms with Crippen molar-refractivity contribution in [2.45, 2.75) is 45.1 Å². The van der Waals surface area contributed by atoms with Crippen LogP contribution in [0.15, 0.2) is 22.7 Å². The van der Waals surface area contributed by atoms with E-state index < -0.39 is 0 Å². The lowest BCUT2D eigenvalue weighted by Crippen LogP contribution is -2.34. The van der Waals surface area contributed by atoms with Gasteiger partial charge in [0.2, 0.25) is 0 Å². The van der Waals surface area contributed by atoms with E-state index in [1.807, 2.05) is 0 Å². The van der Waals surface area contributed by atoms with E-state index in [0.717, 1.165) is 29.8 Å². The van der Waals surface area contributed by atoms with Crippen molar-refractivity contribution in [2.75, 3.05) is 13.2 Å². The van der Waals surface area contributed by atoms with Crippen LogP contribution in [-0.4, -0.2) is 13.2 Å². The number of ether oxygens (including phenoxy) is 1. The molecule has 3 heteroatoms. The molecule has 19 heavy (non-hydrogen) atoms. The van der Waals surface area contributed by atoms with Crippen LogP contribution in [0.3, 0.4) is 0 Å². The second-order valence-corrected chi connectivity index (χ2v) is 7.19. The van der Waals surface area contributed by atoms with Gasteiger partial charge in [-0.05, 0) is 36.5 Å². The molecule has 1 heterocycles. The Balaban J connectivity index is 1.71. The number of nitrogens with one attached hydrogen (secondary N) is 1. The molecule has 1 atom stereocenters. The second-order valence-electron chi connectivity index (χ2n) is 6.27. The van der Waals surface area contributed by atoms with Gasteiger partial charge in [-0.1, -0.05) is 35.7 Å². The smallest absolute Gasteiger partial charge is 0.124 e. The standard InChI is InChI=1S/C16H22BrNO/c1-16(7-2-3-8-16)11-18-14-6-9-19-15-5-4-12(17)10-13(14)15/h4-5,10,14,18H,2-3,6-9,11H2,1H3. The molecule has 1 saturated carbocycles. The molecule has 0 aromatic heterocycles. The van der Waals surface area contributed by atoms with Gasteiger partial charge in [0.05, 0.1) is 6.61 Å². The van der Waals surface area contributed by atoms with Crippen LogP contribution in [0.1, 0.15) is 50.6 Å². The maximum Gasteiger partial charge on any atom is 0.124 e. The van der Waals surface area contributed by atoms with Crippen molar-refractivity contribution < 1.29 is 4.74 Å².